The standard InChI is InChI=1S/C16H14ClN5/c1-22(14-5-3-2-4-6-14)16-20-15(11-18-21-16)19-13-9-7-12(17)8-10-13/h2-11H,1H3,(H,19,20,21). The van der Waals surface area contributed by atoms with Gasteiger partial charge in [-0.05, 0) is 36.4 Å². The zero-order chi connectivity index (χ0) is 15.4. The molecule has 0 unspecified atom stereocenters. The lowest BCUT2D eigenvalue weighted by atomic mass is 10.3. The molecule has 0 bridgehead atoms. The zero-order valence-corrected chi connectivity index (χ0v) is 12.7. The van der Waals surface area contributed by atoms with Gasteiger partial charge >= 0.3 is 0 Å². The predicted molar refractivity (Wildman–Crippen MR) is 89.1 cm³/mol. The summed E-state index contributed by atoms with van der Waals surface area (Å²) in [6.07, 6.45) is 1.58. The smallest absolute Gasteiger partial charge is 0.251 e. The Bertz CT molecular complexity index is 746. The number of hydrogen-bond acceptors (Lipinski definition) is 5. The molecule has 3 rings (SSSR count). The maximum Gasteiger partial charge on any atom is 0.251 e. The first-order valence-corrected chi connectivity index (χ1v) is 7.11. The van der Waals surface area contributed by atoms with Gasteiger partial charge in [0.25, 0.3) is 5.95 Å². The number of nitrogens with one attached hydrogen (secondary N) is 1. The molecule has 5 nitrogen and oxygen atoms in total. The summed E-state index contributed by atoms with van der Waals surface area (Å²) in [7, 11) is 1.90. The van der Waals surface area contributed by atoms with E-state index in [1.807, 2.05) is 66.5 Å². The van der Waals surface area contributed by atoms with Crippen molar-refractivity contribution in [3.05, 3.63) is 65.8 Å². The number of nitrogens with zero attached hydrogens (tertiary/aromatic N) is 4. The van der Waals surface area contributed by atoms with Crippen LogP contribution in [0.25, 0.3) is 0 Å². The maximum atomic E-state index is 5.88. The summed E-state index contributed by atoms with van der Waals surface area (Å²) in [5, 5.41) is 11.9. The molecule has 1 N–H and O–H groups in total. The quantitative estimate of drug-likeness (QED) is 0.788. The highest BCUT2D eigenvalue weighted by molar-refractivity contribution is 6.30. The molecular weight excluding hydrogens is 298 g/mol. The van der Waals surface area contributed by atoms with Gasteiger partial charge in [-0.1, -0.05) is 29.8 Å². The van der Waals surface area contributed by atoms with Crippen LogP contribution in [0.15, 0.2) is 60.8 Å². The molecule has 0 fully saturated rings. The van der Waals surface area contributed by atoms with Crippen LogP contribution in [0.1, 0.15) is 0 Å². The first-order valence-electron chi connectivity index (χ1n) is 6.73. The molecule has 0 spiro atoms. The van der Waals surface area contributed by atoms with E-state index in [0.717, 1.165) is 11.4 Å². The molecule has 0 amide bonds. The maximum absolute atomic E-state index is 5.88. The number of aromatic nitrogens is 3. The zero-order valence-electron chi connectivity index (χ0n) is 11.9. The van der Waals surface area contributed by atoms with E-state index in [-0.39, 0.29) is 0 Å². The second kappa shape index (κ2) is 6.41. The van der Waals surface area contributed by atoms with Gasteiger partial charge in [-0.3, -0.25) is 0 Å². The number of halogens is 1. The van der Waals surface area contributed by atoms with Crippen molar-refractivity contribution in [2.45, 2.75) is 0 Å². The minimum atomic E-state index is 0.519. The van der Waals surface area contributed by atoms with Gasteiger partial charge < -0.3 is 10.2 Å². The third-order valence-corrected chi connectivity index (χ3v) is 3.36. The van der Waals surface area contributed by atoms with E-state index in [2.05, 4.69) is 20.5 Å². The molecule has 0 aliphatic carbocycles. The number of rotatable bonds is 4. The fourth-order valence-electron chi connectivity index (χ4n) is 1.94. The lowest BCUT2D eigenvalue weighted by molar-refractivity contribution is 0.932. The van der Waals surface area contributed by atoms with Gasteiger partial charge in [0, 0.05) is 23.4 Å². The molecule has 2 aromatic carbocycles. The van der Waals surface area contributed by atoms with Crippen LogP contribution in [0.2, 0.25) is 5.02 Å². The number of para-hydroxylation sites is 1. The molecule has 0 atom stereocenters. The fraction of sp³-hybridized carbons (Fsp3) is 0.0625. The van der Waals surface area contributed by atoms with Gasteiger partial charge in [0.15, 0.2) is 5.82 Å². The Kier molecular flexibility index (Phi) is 4.16. The monoisotopic (exact) mass is 311 g/mol. The van der Waals surface area contributed by atoms with Crippen LogP contribution in [0.5, 0.6) is 0 Å². The molecule has 0 aliphatic heterocycles. The van der Waals surface area contributed by atoms with Crippen LogP contribution in [-0.4, -0.2) is 22.2 Å². The van der Waals surface area contributed by atoms with Crippen molar-refractivity contribution in [3.63, 3.8) is 0 Å². The lowest BCUT2D eigenvalue weighted by Gasteiger charge is -2.17. The Labute approximate surface area is 133 Å². The summed E-state index contributed by atoms with van der Waals surface area (Å²) < 4.78 is 0. The van der Waals surface area contributed by atoms with Crippen molar-refractivity contribution in [2.75, 3.05) is 17.3 Å². The molecule has 0 aliphatic rings. The fourth-order valence-corrected chi connectivity index (χ4v) is 2.07. The van der Waals surface area contributed by atoms with Crippen LogP contribution in [0.4, 0.5) is 23.1 Å². The van der Waals surface area contributed by atoms with Crippen molar-refractivity contribution < 1.29 is 0 Å². The third kappa shape index (κ3) is 3.32. The molecule has 110 valence electrons. The van der Waals surface area contributed by atoms with Gasteiger partial charge in [-0.2, -0.15) is 10.1 Å². The highest BCUT2D eigenvalue weighted by atomic mass is 35.5. The summed E-state index contributed by atoms with van der Waals surface area (Å²) in [5.41, 5.74) is 1.88. The van der Waals surface area contributed by atoms with Crippen LogP contribution < -0.4 is 10.2 Å². The third-order valence-electron chi connectivity index (χ3n) is 3.11. The Morgan fingerprint density at radius 2 is 1.73 bits per heavy atom. The average Bonchev–Trinajstić information content (AvgIpc) is 2.57. The minimum absolute atomic E-state index is 0.519. The van der Waals surface area contributed by atoms with E-state index in [9.17, 15) is 0 Å². The Morgan fingerprint density at radius 1 is 1.00 bits per heavy atom. The first-order chi connectivity index (χ1) is 10.7. The normalized spacial score (nSPS) is 10.3. The van der Waals surface area contributed by atoms with E-state index in [0.29, 0.717) is 16.8 Å². The van der Waals surface area contributed by atoms with Gasteiger partial charge in [0.1, 0.15) is 0 Å². The number of benzene rings is 2. The molecule has 0 saturated heterocycles. The molecule has 22 heavy (non-hydrogen) atoms. The van der Waals surface area contributed by atoms with Gasteiger partial charge in [0.05, 0.1) is 6.20 Å². The van der Waals surface area contributed by atoms with Crippen molar-refractivity contribution in [2.24, 2.45) is 0 Å². The SMILES string of the molecule is CN(c1ccccc1)c1nncc(Nc2ccc(Cl)cc2)n1. The Morgan fingerprint density at radius 3 is 2.45 bits per heavy atom. The molecule has 3 aromatic rings. The van der Waals surface area contributed by atoms with Crippen molar-refractivity contribution in [1.82, 2.24) is 15.2 Å². The van der Waals surface area contributed by atoms with Crippen LogP contribution in [0, 0.1) is 0 Å². The second-order valence-corrected chi connectivity index (χ2v) is 5.10. The van der Waals surface area contributed by atoms with E-state index < -0.39 is 0 Å². The summed E-state index contributed by atoms with van der Waals surface area (Å²) in [5.74, 6) is 1.14. The topological polar surface area (TPSA) is 53.9 Å². The van der Waals surface area contributed by atoms with Crippen molar-refractivity contribution in [1.29, 1.82) is 0 Å². The Hall–Kier alpha value is -2.66. The molecular formula is C16H14ClN5. The van der Waals surface area contributed by atoms with E-state index in [1.54, 1.807) is 6.20 Å². The van der Waals surface area contributed by atoms with Crippen LogP contribution in [-0.2, 0) is 0 Å². The van der Waals surface area contributed by atoms with Gasteiger partial charge in [0.2, 0.25) is 0 Å². The average molecular weight is 312 g/mol. The summed E-state index contributed by atoms with van der Waals surface area (Å²) in [4.78, 5) is 6.35. The lowest BCUT2D eigenvalue weighted by Crippen LogP contribution is -2.14. The molecule has 0 radical (unpaired) electrons. The van der Waals surface area contributed by atoms with Gasteiger partial charge in [-0.25, -0.2) is 0 Å². The Balaban J connectivity index is 1.82. The number of anilines is 4. The highest BCUT2D eigenvalue weighted by Gasteiger charge is 2.08. The number of hydrogen-bond donors (Lipinski definition) is 1. The second-order valence-electron chi connectivity index (χ2n) is 4.67. The van der Waals surface area contributed by atoms with Crippen LogP contribution >= 0.6 is 11.6 Å². The largest absolute Gasteiger partial charge is 0.339 e. The highest BCUT2D eigenvalue weighted by Crippen LogP contribution is 2.21. The van der Waals surface area contributed by atoms with E-state index in [4.69, 9.17) is 11.6 Å². The molecule has 1 heterocycles. The summed E-state index contributed by atoms with van der Waals surface area (Å²) in [6.45, 7) is 0. The molecule has 0 saturated carbocycles. The predicted octanol–water partition coefficient (Wildman–Crippen LogP) is 4.04. The van der Waals surface area contributed by atoms with Gasteiger partial charge in [-0.15, -0.1) is 5.10 Å². The van der Waals surface area contributed by atoms with E-state index in [1.165, 1.54) is 0 Å². The van der Waals surface area contributed by atoms with Crippen molar-refractivity contribution >= 4 is 34.7 Å². The van der Waals surface area contributed by atoms with E-state index >= 15 is 0 Å². The summed E-state index contributed by atoms with van der Waals surface area (Å²) >= 11 is 5.88. The molecule has 6 heteroatoms. The summed E-state index contributed by atoms with van der Waals surface area (Å²) in [6, 6.07) is 17.3. The molecule has 1 aromatic heterocycles. The van der Waals surface area contributed by atoms with Crippen molar-refractivity contribution in [3.8, 4) is 0 Å². The minimum Gasteiger partial charge on any atom is -0.339 e. The van der Waals surface area contributed by atoms with Crippen LogP contribution in [0.3, 0.4) is 0 Å². The first kappa shape index (κ1) is 14.3.